The largest absolute Gasteiger partial charge is 0.460 e. The first-order chi connectivity index (χ1) is 10.5. The summed E-state index contributed by atoms with van der Waals surface area (Å²) in [6, 6.07) is 0. The van der Waals surface area contributed by atoms with Gasteiger partial charge in [0.15, 0.2) is 0 Å². The predicted molar refractivity (Wildman–Crippen MR) is 51.6 cm³/mol. The van der Waals surface area contributed by atoms with Gasteiger partial charge in [0.1, 0.15) is 6.61 Å². The lowest BCUT2D eigenvalue weighted by Gasteiger charge is -2.39. The highest BCUT2D eigenvalue weighted by molar-refractivity contribution is 7.85. The van der Waals surface area contributed by atoms with Gasteiger partial charge in [-0.05, 0) is 0 Å². The Labute approximate surface area is 129 Å². The monoisotopic (exact) mass is 428 g/mol. The van der Waals surface area contributed by atoms with Gasteiger partial charge in [-0.25, -0.2) is 0 Å². The molecule has 0 rings (SSSR count). The predicted octanol–water partition coefficient (Wildman–Crippen LogP) is 3.70. The minimum atomic E-state index is -8.03. The summed E-state index contributed by atoms with van der Waals surface area (Å²) >= 11 is 0. The number of halogens is 13. The number of alkyl halides is 13. The molecule has 152 valence electrons. The zero-order chi connectivity index (χ0) is 20.9. The maximum Gasteiger partial charge on any atom is 0.460 e. The summed E-state index contributed by atoms with van der Waals surface area (Å²) in [6.45, 7) is -3.23. The molecule has 0 aliphatic heterocycles. The lowest BCUT2D eigenvalue weighted by molar-refractivity contribution is -0.440. The van der Waals surface area contributed by atoms with Crippen LogP contribution in [0.15, 0.2) is 0 Å². The van der Waals surface area contributed by atoms with Crippen molar-refractivity contribution in [2.24, 2.45) is 0 Å². The summed E-state index contributed by atoms with van der Waals surface area (Å²) in [6.07, 6.45) is -7.57. The lowest BCUT2D eigenvalue weighted by Crippen LogP contribution is -2.70. The van der Waals surface area contributed by atoms with E-state index in [1.807, 2.05) is 0 Å². The van der Waals surface area contributed by atoms with Crippen molar-refractivity contribution in [3.8, 4) is 0 Å². The van der Waals surface area contributed by atoms with Crippen molar-refractivity contribution >= 4 is 10.1 Å². The van der Waals surface area contributed by atoms with Crippen LogP contribution >= 0.6 is 0 Å². The second-order valence-corrected chi connectivity index (χ2v) is 6.11. The average molecular weight is 428 g/mol. The van der Waals surface area contributed by atoms with E-state index >= 15 is 0 Å². The smallest absolute Gasteiger partial charge is 0.264 e. The third kappa shape index (κ3) is 3.90. The number of hydrogen-bond donors (Lipinski definition) is 0. The fourth-order valence-electron chi connectivity index (χ4n) is 1.07. The average Bonchev–Trinajstić information content (AvgIpc) is 2.33. The third-order valence-corrected chi connectivity index (χ3v) is 3.00. The molecule has 0 radical (unpaired) electrons. The molecule has 0 atom stereocenters. The van der Waals surface area contributed by atoms with Crippen molar-refractivity contribution < 1.29 is 69.7 Å². The molecule has 3 nitrogen and oxygen atoms in total. The molecule has 0 aliphatic carbocycles. The molecular formula is C8H5F13O3S. The first kappa shape index (κ1) is 24.0. The SMILES string of the molecule is CS(=O)(=O)OCC(F)(F)C(F)(F)C(F)(F)C(F)(F)C(F)(F)C(F)(F)F. The Kier molecular flexibility index (Phi) is 5.78. The van der Waals surface area contributed by atoms with Crippen LogP contribution in [0.5, 0.6) is 0 Å². The summed E-state index contributed by atoms with van der Waals surface area (Å²) in [5.74, 6) is -38.0. The van der Waals surface area contributed by atoms with Crippen LogP contribution in [0.4, 0.5) is 57.1 Å². The van der Waals surface area contributed by atoms with Gasteiger partial charge in [-0.15, -0.1) is 0 Å². The molecule has 0 aromatic heterocycles. The Hall–Kier alpha value is -1.00. The molecule has 0 amide bonds. The van der Waals surface area contributed by atoms with Crippen LogP contribution in [-0.2, 0) is 14.3 Å². The third-order valence-electron chi connectivity index (χ3n) is 2.45. The fraction of sp³-hybridized carbons (Fsp3) is 1.00. The van der Waals surface area contributed by atoms with E-state index in [-0.39, 0.29) is 6.26 Å². The number of rotatable bonds is 7. The molecular weight excluding hydrogens is 423 g/mol. The fourth-order valence-corrected chi connectivity index (χ4v) is 1.44. The van der Waals surface area contributed by atoms with Gasteiger partial charge < -0.3 is 0 Å². The maximum atomic E-state index is 13.0. The number of hydrogen-bond acceptors (Lipinski definition) is 3. The summed E-state index contributed by atoms with van der Waals surface area (Å²) in [5, 5.41) is 0. The van der Waals surface area contributed by atoms with E-state index in [1.54, 1.807) is 0 Å². The first-order valence-electron chi connectivity index (χ1n) is 5.26. The Morgan fingerprint density at radius 2 is 0.960 bits per heavy atom. The van der Waals surface area contributed by atoms with Crippen LogP contribution in [0, 0.1) is 0 Å². The van der Waals surface area contributed by atoms with Crippen molar-refractivity contribution in [1.82, 2.24) is 0 Å². The van der Waals surface area contributed by atoms with E-state index < -0.39 is 52.5 Å². The maximum absolute atomic E-state index is 13.0. The highest BCUT2D eigenvalue weighted by atomic mass is 32.2. The lowest BCUT2D eigenvalue weighted by atomic mass is 9.94. The molecule has 0 saturated carbocycles. The summed E-state index contributed by atoms with van der Waals surface area (Å²) < 4.78 is 187. The summed E-state index contributed by atoms with van der Waals surface area (Å²) in [7, 11) is -5.02. The minimum absolute atomic E-state index is 0.0637. The second kappa shape index (κ2) is 6.02. The molecule has 0 saturated heterocycles. The molecule has 0 fully saturated rings. The first-order valence-corrected chi connectivity index (χ1v) is 7.07. The van der Waals surface area contributed by atoms with Gasteiger partial charge in [0.05, 0.1) is 6.26 Å². The standard InChI is InChI=1S/C8H5F13O3S/c1-25(22,23)24-2-3(9,10)4(11,12)5(13,14)6(15,16)7(17,18)8(19,20)21/h2H2,1H3. The summed E-state index contributed by atoms with van der Waals surface area (Å²) in [4.78, 5) is 0. The molecule has 0 aliphatic rings. The van der Waals surface area contributed by atoms with Crippen molar-refractivity contribution in [3.63, 3.8) is 0 Å². The molecule has 17 heteroatoms. The van der Waals surface area contributed by atoms with E-state index in [0.717, 1.165) is 0 Å². The van der Waals surface area contributed by atoms with Crippen LogP contribution < -0.4 is 0 Å². The molecule has 0 bridgehead atoms. The van der Waals surface area contributed by atoms with E-state index in [9.17, 15) is 65.5 Å². The van der Waals surface area contributed by atoms with Gasteiger partial charge in [-0.2, -0.15) is 65.5 Å². The second-order valence-electron chi connectivity index (χ2n) is 4.47. The Morgan fingerprint density at radius 3 is 1.24 bits per heavy atom. The van der Waals surface area contributed by atoms with Gasteiger partial charge in [0.25, 0.3) is 10.1 Å². The van der Waals surface area contributed by atoms with Gasteiger partial charge in [-0.3, -0.25) is 4.18 Å². The zero-order valence-corrected chi connectivity index (χ0v) is 12.1. The van der Waals surface area contributed by atoms with E-state index in [0.29, 0.717) is 0 Å². The quantitative estimate of drug-likeness (QED) is 0.459. The van der Waals surface area contributed by atoms with Crippen LogP contribution in [0.2, 0.25) is 0 Å². The van der Waals surface area contributed by atoms with Crippen LogP contribution in [-0.4, -0.2) is 57.1 Å². The van der Waals surface area contributed by atoms with E-state index in [4.69, 9.17) is 0 Å². The van der Waals surface area contributed by atoms with Gasteiger partial charge >= 0.3 is 35.8 Å². The minimum Gasteiger partial charge on any atom is -0.264 e. The Balaban J connectivity index is 6.11. The summed E-state index contributed by atoms with van der Waals surface area (Å²) in [5.41, 5.74) is 0. The van der Waals surface area contributed by atoms with E-state index in [1.165, 1.54) is 0 Å². The Morgan fingerprint density at radius 1 is 0.640 bits per heavy atom. The van der Waals surface area contributed by atoms with E-state index in [2.05, 4.69) is 4.18 Å². The van der Waals surface area contributed by atoms with Gasteiger partial charge in [-0.1, -0.05) is 0 Å². The highest BCUT2D eigenvalue weighted by Gasteiger charge is 2.90. The highest BCUT2D eigenvalue weighted by Crippen LogP contribution is 2.60. The van der Waals surface area contributed by atoms with Crippen molar-refractivity contribution in [1.29, 1.82) is 0 Å². The van der Waals surface area contributed by atoms with Crippen LogP contribution in [0.3, 0.4) is 0 Å². The molecule has 0 heterocycles. The molecule has 0 spiro atoms. The van der Waals surface area contributed by atoms with Gasteiger partial charge in [0.2, 0.25) is 0 Å². The molecule has 0 N–H and O–H groups in total. The molecule has 25 heavy (non-hydrogen) atoms. The normalized spacial score (nSPS) is 16.2. The van der Waals surface area contributed by atoms with Crippen molar-refractivity contribution in [3.05, 3.63) is 0 Å². The van der Waals surface area contributed by atoms with Crippen molar-refractivity contribution in [2.75, 3.05) is 12.9 Å². The Bertz CT molecular complexity index is 591. The zero-order valence-electron chi connectivity index (χ0n) is 11.3. The van der Waals surface area contributed by atoms with Crippen molar-refractivity contribution in [2.45, 2.75) is 35.8 Å². The molecule has 0 unspecified atom stereocenters. The van der Waals surface area contributed by atoms with Gasteiger partial charge in [0, 0.05) is 0 Å². The van der Waals surface area contributed by atoms with Crippen LogP contribution in [0.25, 0.3) is 0 Å². The van der Waals surface area contributed by atoms with Crippen LogP contribution in [0.1, 0.15) is 0 Å². The topological polar surface area (TPSA) is 43.4 Å². The molecule has 0 aromatic rings. The molecule has 0 aromatic carbocycles.